The van der Waals surface area contributed by atoms with Gasteiger partial charge in [-0.1, -0.05) is 12.8 Å². The molecule has 0 unspecified atom stereocenters. The zero-order valence-electron chi connectivity index (χ0n) is 17.6. The van der Waals surface area contributed by atoms with Gasteiger partial charge in [-0.25, -0.2) is 0 Å². The van der Waals surface area contributed by atoms with Crippen LogP contribution in [0.4, 0.5) is 5.69 Å². The third-order valence-corrected chi connectivity index (χ3v) is 5.25. The second kappa shape index (κ2) is 9.11. The van der Waals surface area contributed by atoms with Crippen LogP contribution < -0.4 is 10.1 Å². The Morgan fingerprint density at radius 3 is 2.43 bits per heavy atom. The van der Waals surface area contributed by atoms with Crippen molar-refractivity contribution < 1.29 is 9.53 Å². The molecule has 1 N–H and O–H groups in total. The van der Waals surface area contributed by atoms with Crippen LogP contribution >= 0.6 is 0 Å². The van der Waals surface area contributed by atoms with E-state index in [1.165, 1.54) is 19.3 Å². The van der Waals surface area contributed by atoms with Crippen molar-refractivity contribution in [2.45, 2.75) is 58.6 Å². The lowest BCUT2D eigenvalue weighted by Gasteiger charge is -2.13. The van der Waals surface area contributed by atoms with Crippen molar-refractivity contribution in [2.75, 3.05) is 5.32 Å². The first-order valence-corrected chi connectivity index (χ1v) is 10.7. The van der Waals surface area contributed by atoms with E-state index in [-0.39, 0.29) is 12.0 Å². The first-order valence-electron chi connectivity index (χ1n) is 10.7. The zero-order chi connectivity index (χ0) is 20.9. The average molecular weight is 405 g/mol. The molecule has 156 valence electrons. The van der Waals surface area contributed by atoms with Gasteiger partial charge in [0.2, 0.25) is 0 Å². The Kier molecular flexibility index (Phi) is 6.12. The fraction of sp³-hybridized carbons (Fsp3) is 0.375. The fourth-order valence-electron chi connectivity index (χ4n) is 3.74. The Bertz CT molecular complexity index is 991. The highest BCUT2D eigenvalue weighted by molar-refractivity contribution is 6.04. The Morgan fingerprint density at radius 1 is 0.967 bits per heavy atom. The molecule has 3 aromatic rings. The highest BCUT2D eigenvalue weighted by Crippen LogP contribution is 2.24. The number of nitrogens with one attached hydrogen (secondary N) is 1. The molecule has 0 saturated heterocycles. The lowest BCUT2D eigenvalue weighted by atomic mass is 10.1. The predicted octanol–water partition coefficient (Wildman–Crippen LogP) is 5.10. The molecule has 4 rings (SSSR count). The van der Waals surface area contributed by atoms with Crippen molar-refractivity contribution in [1.29, 1.82) is 0 Å². The number of anilines is 1. The van der Waals surface area contributed by atoms with E-state index in [2.05, 4.69) is 20.1 Å². The van der Waals surface area contributed by atoms with Crippen LogP contribution in [0.25, 0.3) is 11.4 Å². The van der Waals surface area contributed by atoms with E-state index in [0.29, 0.717) is 5.56 Å². The maximum Gasteiger partial charge on any atom is 0.255 e. The van der Waals surface area contributed by atoms with E-state index in [4.69, 9.17) is 4.74 Å². The third-order valence-electron chi connectivity index (χ3n) is 5.25. The molecular formula is C24H28N4O2. The van der Waals surface area contributed by atoms with Gasteiger partial charge in [0.15, 0.2) is 5.82 Å². The van der Waals surface area contributed by atoms with Crippen molar-refractivity contribution in [3.8, 4) is 17.1 Å². The van der Waals surface area contributed by atoms with Gasteiger partial charge in [-0.05, 0) is 75.2 Å². The van der Waals surface area contributed by atoms with Crippen LogP contribution in [0.5, 0.6) is 5.75 Å². The van der Waals surface area contributed by atoms with Crippen LogP contribution in [0.2, 0.25) is 0 Å². The van der Waals surface area contributed by atoms with Gasteiger partial charge < -0.3 is 14.6 Å². The quantitative estimate of drug-likeness (QED) is 0.642. The third kappa shape index (κ3) is 4.70. The summed E-state index contributed by atoms with van der Waals surface area (Å²) in [6.07, 6.45) is 5.95. The van der Waals surface area contributed by atoms with Gasteiger partial charge in [-0.15, -0.1) is 10.2 Å². The Morgan fingerprint density at radius 2 is 1.70 bits per heavy atom. The minimum absolute atomic E-state index is 0.105. The molecule has 6 nitrogen and oxygen atoms in total. The van der Waals surface area contributed by atoms with Crippen LogP contribution in [-0.4, -0.2) is 26.8 Å². The Labute approximate surface area is 177 Å². The summed E-state index contributed by atoms with van der Waals surface area (Å²) < 4.78 is 7.87. The monoisotopic (exact) mass is 404 g/mol. The molecule has 0 aliphatic carbocycles. The van der Waals surface area contributed by atoms with E-state index >= 15 is 0 Å². The second-order valence-electron chi connectivity index (χ2n) is 7.98. The zero-order valence-corrected chi connectivity index (χ0v) is 17.6. The van der Waals surface area contributed by atoms with E-state index in [9.17, 15) is 4.79 Å². The summed E-state index contributed by atoms with van der Waals surface area (Å²) in [5.74, 6) is 2.60. The van der Waals surface area contributed by atoms with E-state index in [1.807, 2.05) is 50.2 Å². The summed E-state index contributed by atoms with van der Waals surface area (Å²) in [7, 11) is 0. The average Bonchev–Trinajstić information content (AvgIpc) is 3.10. The molecule has 30 heavy (non-hydrogen) atoms. The number of carbonyl (C=O) groups is 1. The van der Waals surface area contributed by atoms with Gasteiger partial charge in [0.05, 0.1) is 6.10 Å². The first kappa shape index (κ1) is 20.1. The second-order valence-corrected chi connectivity index (χ2v) is 7.98. The number of nitrogens with zero attached hydrogens (tertiary/aromatic N) is 3. The number of fused-ring (bicyclic) bond motifs is 1. The van der Waals surface area contributed by atoms with E-state index < -0.39 is 0 Å². The minimum atomic E-state index is -0.147. The summed E-state index contributed by atoms with van der Waals surface area (Å²) >= 11 is 0. The van der Waals surface area contributed by atoms with E-state index in [0.717, 1.165) is 48.0 Å². The maximum atomic E-state index is 12.5. The Balaban J connectivity index is 1.44. The van der Waals surface area contributed by atoms with Crippen molar-refractivity contribution in [1.82, 2.24) is 14.8 Å². The van der Waals surface area contributed by atoms with Gasteiger partial charge in [0.25, 0.3) is 5.91 Å². The summed E-state index contributed by atoms with van der Waals surface area (Å²) in [5, 5.41) is 11.8. The van der Waals surface area contributed by atoms with Gasteiger partial charge >= 0.3 is 0 Å². The molecule has 0 atom stereocenters. The number of carbonyl (C=O) groups excluding carboxylic acids is 1. The highest BCUT2D eigenvalue weighted by atomic mass is 16.5. The normalized spacial score (nSPS) is 14.0. The van der Waals surface area contributed by atoms with Crippen LogP contribution in [0, 0.1) is 0 Å². The molecule has 0 fully saturated rings. The predicted molar refractivity (Wildman–Crippen MR) is 118 cm³/mol. The molecule has 0 radical (unpaired) electrons. The van der Waals surface area contributed by atoms with Crippen molar-refractivity contribution >= 4 is 11.6 Å². The molecule has 0 saturated carbocycles. The molecule has 1 aromatic heterocycles. The minimum Gasteiger partial charge on any atom is -0.491 e. The SMILES string of the molecule is CC(C)Oc1ccc(C(=O)Nc2ccc(-c3nnc4n3CCCCCC4)cc2)cc1. The summed E-state index contributed by atoms with van der Waals surface area (Å²) in [6, 6.07) is 15.0. The maximum absolute atomic E-state index is 12.5. The number of aromatic nitrogens is 3. The largest absolute Gasteiger partial charge is 0.491 e. The van der Waals surface area contributed by atoms with Crippen molar-refractivity contribution in [3.63, 3.8) is 0 Å². The molecule has 2 heterocycles. The number of amides is 1. The summed E-state index contributed by atoms with van der Waals surface area (Å²) in [5.41, 5.74) is 2.36. The van der Waals surface area contributed by atoms with Crippen molar-refractivity contribution in [3.05, 3.63) is 59.9 Å². The first-order chi connectivity index (χ1) is 14.6. The molecule has 6 heteroatoms. The lowest BCUT2D eigenvalue weighted by Crippen LogP contribution is -2.12. The molecule has 0 bridgehead atoms. The fourth-order valence-corrected chi connectivity index (χ4v) is 3.74. The van der Waals surface area contributed by atoms with Crippen LogP contribution in [0.1, 0.15) is 55.7 Å². The molecule has 0 spiro atoms. The topological polar surface area (TPSA) is 69.0 Å². The van der Waals surface area contributed by atoms with Crippen LogP contribution in [0.15, 0.2) is 48.5 Å². The van der Waals surface area contributed by atoms with Crippen LogP contribution in [0.3, 0.4) is 0 Å². The van der Waals surface area contributed by atoms with E-state index in [1.54, 1.807) is 12.1 Å². The highest BCUT2D eigenvalue weighted by Gasteiger charge is 2.15. The number of ether oxygens (including phenoxy) is 1. The van der Waals surface area contributed by atoms with Gasteiger partial charge in [-0.3, -0.25) is 4.79 Å². The van der Waals surface area contributed by atoms with Gasteiger partial charge in [0.1, 0.15) is 11.6 Å². The molecule has 1 aliphatic rings. The number of hydrogen-bond acceptors (Lipinski definition) is 4. The molecule has 1 amide bonds. The van der Waals surface area contributed by atoms with Crippen molar-refractivity contribution in [2.24, 2.45) is 0 Å². The molecule has 2 aromatic carbocycles. The lowest BCUT2D eigenvalue weighted by molar-refractivity contribution is 0.102. The number of hydrogen-bond donors (Lipinski definition) is 1. The summed E-state index contributed by atoms with van der Waals surface area (Å²) in [6.45, 7) is 4.91. The molecule has 1 aliphatic heterocycles. The number of benzene rings is 2. The standard InChI is InChI=1S/C24H28N4O2/c1-17(2)30-21-14-10-19(11-15-21)24(29)25-20-12-8-18(9-13-20)23-27-26-22-7-5-3-4-6-16-28(22)23/h8-15,17H,3-7,16H2,1-2H3,(H,25,29). The van der Waals surface area contributed by atoms with Gasteiger partial charge in [0, 0.05) is 29.8 Å². The number of aryl methyl sites for hydroxylation is 1. The summed E-state index contributed by atoms with van der Waals surface area (Å²) in [4.78, 5) is 12.5. The smallest absolute Gasteiger partial charge is 0.255 e. The molecular weight excluding hydrogens is 376 g/mol. The van der Waals surface area contributed by atoms with Crippen LogP contribution in [-0.2, 0) is 13.0 Å². The van der Waals surface area contributed by atoms with Gasteiger partial charge in [-0.2, -0.15) is 0 Å². The number of rotatable bonds is 5. The Hall–Kier alpha value is -3.15.